The maximum atomic E-state index is 5.73. The molecule has 2 rings (SSSR count). The van der Waals surface area contributed by atoms with Crippen molar-refractivity contribution in [2.45, 2.75) is 13.8 Å². The highest BCUT2D eigenvalue weighted by Gasteiger charge is 2.07. The fraction of sp³-hybridized carbons (Fsp3) is 0.417. The Bertz CT molecular complexity index is 451. The largest absolute Gasteiger partial charge is 0.460 e. The second kappa shape index (κ2) is 5.27. The lowest BCUT2D eigenvalue weighted by Gasteiger charge is -2.17. The van der Waals surface area contributed by atoms with Crippen LogP contribution in [0, 0.1) is 0 Å². The normalized spacial score (nSPS) is 11.2. The summed E-state index contributed by atoms with van der Waals surface area (Å²) in [7, 11) is 0. The summed E-state index contributed by atoms with van der Waals surface area (Å²) in [5, 5.41) is 1.11. The summed E-state index contributed by atoms with van der Waals surface area (Å²) in [6, 6.07) is 8.16. The van der Waals surface area contributed by atoms with Gasteiger partial charge in [0.15, 0.2) is 0 Å². The summed E-state index contributed by atoms with van der Waals surface area (Å²) in [4.78, 5) is 2.22. The van der Waals surface area contributed by atoms with Gasteiger partial charge in [-0.15, -0.1) is 0 Å². The van der Waals surface area contributed by atoms with Gasteiger partial charge in [0.25, 0.3) is 0 Å². The Balaban J connectivity index is 2.09. The Morgan fingerprint density at radius 1 is 1.25 bits per heavy atom. The van der Waals surface area contributed by atoms with Crippen molar-refractivity contribution in [3.8, 4) is 5.88 Å². The first kappa shape index (κ1) is 11.4. The maximum Gasteiger partial charge on any atom is 0.234 e. The second-order valence-corrected chi connectivity index (χ2v) is 4.37. The van der Waals surface area contributed by atoms with E-state index in [1.54, 1.807) is 0 Å². The van der Waals surface area contributed by atoms with Crippen LogP contribution in [0.5, 0.6) is 5.88 Å². The van der Waals surface area contributed by atoms with Crippen LogP contribution in [-0.4, -0.2) is 29.1 Å². The maximum absolute atomic E-state index is 5.73. The predicted molar refractivity (Wildman–Crippen MR) is 68.0 cm³/mol. The SMILES string of the molecule is CCN(CC)COc1nsc2ccccc12. The topological polar surface area (TPSA) is 25.4 Å². The van der Waals surface area contributed by atoms with Gasteiger partial charge in [-0.1, -0.05) is 26.0 Å². The third-order valence-corrected chi connectivity index (χ3v) is 3.43. The Morgan fingerprint density at radius 3 is 2.75 bits per heavy atom. The number of hydrogen-bond acceptors (Lipinski definition) is 4. The molecule has 1 aromatic carbocycles. The summed E-state index contributed by atoms with van der Waals surface area (Å²) < 4.78 is 11.2. The van der Waals surface area contributed by atoms with E-state index in [2.05, 4.69) is 35.3 Å². The molecule has 0 fully saturated rings. The Labute approximate surface area is 99.8 Å². The number of ether oxygens (including phenoxy) is 1. The summed E-state index contributed by atoms with van der Waals surface area (Å²) in [5.41, 5.74) is 0. The first-order valence-electron chi connectivity index (χ1n) is 5.54. The van der Waals surface area contributed by atoms with Crippen molar-refractivity contribution < 1.29 is 4.74 Å². The molecule has 16 heavy (non-hydrogen) atoms. The minimum atomic E-state index is 0.612. The van der Waals surface area contributed by atoms with Gasteiger partial charge in [0.05, 0.1) is 10.1 Å². The molecule has 0 aliphatic carbocycles. The highest BCUT2D eigenvalue weighted by Crippen LogP contribution is 2.27. The van der Waals surface area contributed by atoms with Gasteiger partial charge in [-0.05, 0) is 36.8 Å². The van der Waals surface area contributed by atoms with E-state index in [-0.39, 0.29) is 0 Å². The van der Waals surface area contributed by atoms with Gasteiger partial charge in [0, 0.05) is 0 Å². The zero-order valence-corrected chi connectivity index (χ0v) is 10.5. The van der Waals surface area contributed by atoms with Gasteiger partial charge in [0.1, 0.15) is 6.73 Å². The van der Waals surface area contributed by atoms with Crippen LogP contribution in [0.3, 0.4) is 0 Å². The van der Waals surface area contributed by atoms with E-state index in [9.17, 15) is 0 Å². The molecule has 3 nitrogen and oxygen atoms in total. The summed E-state index contributed by atoms with van der Waals surface area (Å²) in [5.74, 6) is 0.757. The molecule has 0 amide bonds. The van der Waals surface area contributed by atoms with Crippen LogP contribution in [0.4, 0.5) is 0 Å². The summed E-state index contributed by atoms with van der Waals surface area (Å²) in [6.45, 7) is 6.87. The molecule has 0 atom stereocenters. The van der Waals surface area contributed by atoms with Crippen LogP contribution >= 0.6 is 11.5 Å². The average molecular weight is 236 g/mol. The van der Waals surface area contributed by atoms with E-state index in [1.807, 2.05) is 12.1 Å². The molecule has 0 aliphatic rings. The Morgan fingerprint density at radius 2 is 2.00 bits per heavy atom. The number of aromatic nitrogens is 1. The van der Waals surface area contributed by atoms with E-state index in [0.717, 1.165) is 24.4 Å². The van der Waals surface area contributed by atoms with Crippen LogP contribution in [0.1, 0.15) is 13.8 Å². The van der Waals surface area contributed by atoms with Crippen molar-refractivity contribution >= 4 is 21.6 Å². The lowest BCUT2D eigenvalue weighted by Crippen LogP contribution is -2.27. The molecule has 0 saturated heterocycles. The molecular weight excluding hydrogens is 220 g/mol. The molecule has 0 bridgehead atoms. The molecule has 0 N–H and O–H groups in total. The number of fused-ring (bicyclic) bond motifs is 1. The van der Waals surface area contributed by atoms with Crippen molar-refractivity contribution in [2.75, 3.05) is 19.8 Å². The van der Waals surface area contributed by atoms with Crippen molar-refractivity contribution in [1.29, 1.82) is 0 Å². The van der Waals surface area contributed by atoms with E-state index in [4.69, 9.17) is 4.74 Å². The van der Waals surface area contributed by atoms with Gasteiger partial charge in [-0.2, -0.15) is 4.37 Å². The van der Waals surface area contributed by atoms with Gasteiger partial charge in [-0.3, -0.25) is 4.90 Å². The average Bonchev–Trinajstić information content (AvgIpc) is 2.74. The zero-order chi connectivity index (χ0) is 11.4. The molecule has 4 heteroatoms. The van der Waals surface area contributed by atoms with Crippen LogP contribution in [0.2, 0.25) is 0 Å². The standard InChI is InChI=1S/C12H16N2OS/c1-3-14(4-2)9-15-12-10-7-5-6-8-11(10)16-13-12/h5-8H,3-4,9H2,1-2H3. The molecule has 1 aromatic heterocycles. The fourth-order valence-electron chi connectivity index (χ4n) is 1.53. The Hall–Kier alpha value is -1.13. The van der Waals surface area contributed by atoms with E-state index < -0.39 is 0 Å². The molecule has 0 unspecified atom stereocenters. The van der Waals surface area contributed by atoms with Crippen molar-refractivity contribution in [1.82, 2.24) is 9.27 Å². The first-order valence-corrected chi connectivity index (χ1v) is 6.32. The number of nitrogens with zero attached hydrogens (tertiary/aromatic N) is 2. The van der Waals surface area contributed by atoms with Crippen LogP contribution in [0.25, 0.3) is 10.1 Å². The highest BCUT2D eigenvalue weighted by molar-refractivity contribution is 7.13. The van der Waals surface area contributed by atoms with Crippen molar-refractivity contribution in [2.24, 2.45) is 0 Å². The molecule has 86 valence electrons. The second-order valence-electron chi connectivity index (χ2n) is 3.56. The quantitative estimate of drug-likeness (QED) is 0.746. The molecule has 0 aliphatic heterocycles. The van der Waals surface area contributed by atoms with Crippen LogP contribution in [0.15, 0.2) is 24.3 Å². The smallest absolute Gasteiger partial charge is 0.234 e. The molecule has 1 heterocycles. The fourth-order valence-corrected chi connectivity index (χ4v) is 2.25. The van der Waals surface area contributed by atoms with Crippen molar-refractivity contribution in [3.63, 3.8) is 0 Å². The van der Waals surface area contributed by atoms with Crippen molar-refractivity contribution in [3.05, 3.63) is 24.3 Å². The van der Waals surface area contributed by atoms with Gasteiger partial charge in [0.2, 0.25) is 5.88 Å². The zero-order valence-electron chi connectivity index (χ0n) is 9.64. The Kier molecular flexibility index (Phi) is 3.74. The highest BCUT2D eigenvalue weighted by atomic mass is 32.1. The number of rotatable bonds is 5. The molecule has 0 spiro atoms. The molecule has 2 aromatic rings. The molecule has 0 saturated carbocycles. The predicted octanol–water partition coefficient (Wildman–Crippen LogP) is 2.97. The van der Waals surface area contributed by atoms with E-state index >= 15 is 0 Å². The minimum absolute atomic E-state index is 0.612. The molecule has 0 radical (unpaired) electrons. The third-order valence-electron chi connectivity index (χ3n) is 2.62. The molecular formula is C12H16N2OS. The first-order chi connectivity index (χ1) is 7.85. The lowest BCUT2D eigenvalue weighted by atomic mass is 10.3. The van der Waals surface area contributed by atoms with Crippen LogP contribution < -0.4 is 4.74 Å². The van der Waals surface area contributed by atoms with Crippen LogP contribution in [-0.2, 0) is 0 Å². The third kappa shape index (κ3) is 2.33. The van der Waals surface area contributed by atoms with Gasteiger partial charge in [-0.25, -0.2) is 0 Å². The summed E-state index contributed by atoms with van der Waals surface area (Å²) >= 11 is 1.49. The number of hydrogen-bond donors (Lipinski definition) is 0. The number of benzene rings is 1. The van der Waals surface area contributed by atoms with E-state index in [1.165, 1.54) is 16.2 Å². The monoisotopic (exact) mass is 236 g/mol. The van der Waals surface area contributed by atoms with Gasteiger partial charge >= 0.3 is 0 Å². The van der Waals surface area contributed by atoms with Gasteiger partial charge < -0.3 is 4.74 Å². The minimum Gasteiger partial charge on any atom is -0.460 e. The van der Waals surface area contributed by atoms with E-state index in [0.29, 0.717) is 6.73 Å². The summed E-state index contributed by atoms with van der Waals surface area (Å²) in [6.07, 6.45) is 0. The lowest BCUT2D eigenvalue weighted by molar-refractivity contribution is 0.135.